The Morgan fingerprint density at radius 3 is 2.21 bits per heavy atom. The summed E-state index contributed by atoms with van der Waals surface area (Å²) in [6, 6.07) is 32.0. The van der Waals surface area contributed by atoms with Gasteiger partial charge in [0.1, 0.15) is 11.9 Å². The summed E-state index contributed by atoms with van der Waals surface area (Å²) in [5.41, 5.74) is 2.38. The van der Waals surface area contributed by atoms with Crippen molar-refractivity contribution in [2.45, 2.75) is 37.6 Å². The maximum absolute atomic E-state index is 14.6. The number of carbonyl (C=O) groups is 1. The number of amides is 1. The number of ether oxygens (including phenoxy) is 1. The van der Waals surface area contributed by atoms with E-state index in [1.807, 2.05) is 61.2 Å². The van der Waals surface area contributed by atoms with Crippen molar-refractivity contribution < 1.29 is 31.1 Å². The average Bonchev–Trinajstić information content (AvgIpc) is 3.07. The minimum atomic E-state index is -4.61. The molecule has 1 aliphatic rings. The number of anilines is 3. The van der Waals surface area contributed by atoms with Crippen molar-refractivity contribution >= 4 is 33.0 Å². The zero-order valence-corrected chi connectivity index (χ0v) is 26.9. The van der Waals surface area contributed by atoms with E-state index in [-0.39, 0.29) is 22.6 Å². The highest BCUT2D eigenvalue weighted by atomic mass is 32.2. The topological polar surface area (TPSA) is 78.9 Å². The zero-order chi connectivity index (χ0) is 34.1. The van der Waals surface area contributed by atoms with Crippen molar-refractivity contribution in [1.29, 1.82) is 0 Å². The van der Waals surface area contributed by atoms with Crippen molar-refractivity contribution in [3.63, 3.8) is 0 Å². The monoisotopic (exact) mass is 671 g/mol. The van der Waals surface area contributed by atoms with Gasteiger partial charge in [-0.05, 0) is 91.7 Å². The summed E-state index contributed by atoms with van der Waals surface area (Å²) < 4.78 is 77.1. The number of alkyl halides is 3. The average molecular weight is 672 g/mol. The molecule has 6 rings (SSSR count). The van der Waals surface area contributed by atoms with Crippen molar-refractivity contribution in [3.8, 4) is 5.75 Å². The van der Waals surface area contributed by atoms with E-state index >= 15 is 0 Å². The van der Waals surface area contributed by atoms with Crippen LogP contribution in [0.25, 0.3) is 0 Å². The lowest BCUT2D eigenvalue weighted by Crippen LogP contribution is -2.49. The van der Waals surface area contributed by atoms with Gasteiger partial charge in [-0.15, -0.1) is 0 Å². The summed E-state index contributed by atoms with van der Waals surface area (Å²) in [6.07, 6.45) is -5.61. The minimum Gasteiger partial charge on any atom is -0.494 e. The summed E-state index contributed by atoms with van der Waals surface area (Å²) in [4.78, 5) is 17.7. The Hall–Kier alpha value is -5.29. The minimum absolute atomic E-state index is 0.0873. The predicted molar refractivity (Wildman–Crippen MR) is 180 cm³/mol. The van der Waals surface area contributed by atoms with Gasteiger partial charge in [-0.2, -0.15) is 13.2 Å². The van der Waals surface area contributed by atoms with E-state index in [4.69, 9.17) is 4.74 Å². The van der Waals surface area contributed by atoms with Crippen molar-refractivity contribution in [2.24, 2.45) is 0 Å². The number of benzene rings is 5. The van der Waals surface area contributed by atoms with Gasteiger partial charge in [0.25, 0.3) is 15.9 Å². The molecule has 0 unspecified atom stereocenters. The first kappa shape index (κ1) is 32.6. The fraction of sp³-hybridized carbons (Fsp3) is 0.162. The molecule has 1 amide bonds. The van der Waals surface area contributed by atoms with Gasteiger partial charge < -0.3 is 9.64 Å². The van der Waals surface area contributed by atoms with E-state index in [0.717, 1.165) is 23.3 Å². The Morgan fingerprint density at radius 1 is 0.833 bits per heavy atom. The molecule has 0 saturated carbocycles. The zero-order valence-electron chi connectivity index (χ0n) is 26.1. The molecular formula is C37H32F3N3O4S. The molecule has 0 bridgehead atoms. The van der Waals surface area contributed by atoms with Gasteiger partial charge in [0, 0.05) is 17.9 Å². The fourth-order valence-electron chi connectivity index (χ4n) is 5.74. The SMILES string of the molecule is CCOc1ccc(NS(=O)(=O)c2ccc3c(c2)C(=O)N(c2ccc(C)cc2)[C@@H](c2cccc(C(F)(F)F)c2)N3Cc2ccccc2)cc1. The normalized spacial score (nSPS) is 14.9. The van der Waals surface area contributed by atoms with Crippen LogP contribution in [0.3, 0.4) is 0 Å². The number of nitrogens with zero attached hydrogens (tertiary/aromatic N) is 2. The predicted octanol–water partition coefficient (Wildman–Crippen LogP) is 8.58. The number of halogens is 3. The molecule has 5 aromatic rings. The van der Waals surface area contributed by atoms with Crippen LogP contribution in [0, 0.1) is 6.92 Å². The van der Waals surface area contributed by atoms with Crippen LogP contribution in [0.5, 0.6) is 5.75 Å². The summed E-state index contributed by atoms with van der Waals surface area (Å²) in [5, 5.41) is 0. The molecule has 1 aliphatic heterocycles. The molecule has 1 heterocycles. The Balaban J connectivity index is 1.50. The van der Waals surface area contributed by atoms with Crippen LogP contribution < -0.4 is 19.3 Å². The van der Waals surface area contributed by atoms with Gasteiger partial charge in [0.05, 0.1) is 28.3 Å². The molecule has 0 fully saturated rings. The van der Waals surface area contributed by atoms with Gasteiger partial charge in [0.15, 0.2) is 0 Å². The molecule has 5 aromatic carbocycles. The number of fused-ring (bicyclic) bond motifs is 1. The lowest BCUT2D eigenvalue weighted by Gasteiger charge is -2.46. The molecule has 1 atom stereocenters. The number of hydrogen-bond donors (Lipinski definition) is 1. The Morgan fingerprint density at radius 2 is 1.54 bits per heavy atom. The van der Waals surface area contributed by atoms with E-state index < -0.39 is 33.8 Å². The number of carbonyl (C=O) groups excluding carboxylic acids is 1. The second kappa shape index (κ2) is 13.1. The number of nitrogens with one attached hydrogen (secondary N) is 1. The van der Waals surface area contributed by atoms with E-state index in [1.165, 1.54) is 29.2 Å². The second-order valence-electron chi connectivity index (χ2n) is 11.4. The van der Waals surface area contributed by atoms with E-state index in [2.05, 4.69) is 4.72 Å². The van der Waals surface area contributed by atoms with Gasteiger partial charge in [0.2, 0.25) is 0 Å². The van der Waals surface area contributed by atoms with Crippen LogP contribution in [0.2, 0.25) is 0 Å². The van der Waals surface area contributed by atoms with Crippen molar-refractivity contribution in [2.75, 3.05) is 21.1 Å². The highest BCUT2D eigenvalue weighted by Crippen LogP contribution is 2.44. The Labute approximate surface area is 277 Å². The van der Waals surface area contributed by atoms with Crippen LogP contribution in [0.4, 0.5) is 30.2 Å². The number of aryl methyl sites for hydroxylation is 1. The Kier molecular flexibility index (Phi) is 8.89. The number of rotatable bonds is 9. The van der Waals surface area contributed by atoms with Crippen molar-refractivity contribution in [3.05, 3.63) is 149 Å². The van der Waals surface area contributed by atoms with Gasteiger partial charge in [-0.1, -0.05) is 60.2 Å². The number of sulfonamides is 1. The molecule has 0 saturated heterocycles. The van der Waals surface area contributed by atoms with Gasteiger partial charge in [-0.25, -0.2) is 8.42 Å². The first-order chi connectivity index (χ1) is 22.9. The van der Waals surface area contributed by atoms with Gasteiger partial charge >= 0.3 is 6.18 Å². The Bertz CT molecular complexity index is 2040. The molecule has 246 valence electrons. The van der Waals surface area contributed by atoms with Crippen LogP contribution in [0.1, 0.15) is 45.7 Å². The highest BCUT2D eigenvalue weighted by Gasteiger charge is 2.41. The molecule has 1 N–H and O–H groups in total. The molecule has 0 aromatic heterocycles. The standard InChI is InChI=1S/C37H32F3N3O4S/c1-3-47-31-18-14-29(15-19-31)41-48(45,46)32-20-21-34-33(23-32)36(44)43(30-16-12-25(2)13-17-30)35(42(34)24-26-8-5-4-6-9-26)27-10-7-11-28(22-27)37(38,39)40/h4-23,35,41H,3,24H2,1-2H3/t35-/m0/s1. The maximum Gasteiger partial charge on any atom is 0.416 e. The van der Waals surface area contributed by atoms with Crippen molar-refractivity contribution in [1.82, 2.24) is 0 Å². The summed E-state index contributed by atoms with van der Waals surface area (Å²) in [6.45, 7) is 4.40. The largest absolute Gasteiger partial charge is 0.494 e. The van der Waals surface area contributed by atoms with E-state index in [0.29, 0.717) is 29.4 Å². The summed E-state index contributed by atoms with van der Waals surface area (Å²) in [5.74, 6) is 0.0311. The molecule has 0 aliphatic carbocycles. The van der Waals surface area contributed by atoms with Crippen LogP contribution in [-0.2, 0) is 22.7 Å². The molecular weight excluding hydrogens is 639 g/mol. The first-order valence-corrected chi connectivity index (χ1v) is 16.7. The van der Waals surface area contributed by atoms with E-state index in [1.54, 1.807) is 42.5 Å². The third kappa shape index (κ3) is 6.72. The molecule has 11 heteroatoms. The molecule has 48 heavy (non-hydrogen) atoms. The maximum atomic E-state index is 14.6. The van der Waals surface area contributed by atoms with Crippen LogP contribution in [-0.4, -0.2) is 20.9 Å². The quantitative estimate of drug-likeness (QED) is 0.170. The fourth-order valence-corrected chi connectivity index (χ4v) is 6.82. The lowest BCUT2D eigenvalue weighted by atomic mass is 9.97. The molecule has 7 nitrogen and oxygen atoms in total. The number of hydrogen-bond acceptors (Lipinski definition) is 5. The third-order valence-electron chi connectivity index (χ3n) is 8.01. The highest BCUT2D eigenvalue weighted by molar-refractivity contribution is 7.92. The summed E-state index contributed by atoms with van der Waals surface area (Å²) >= 11 is 0. The second-order valence-corrected chi connectivity index (χ2v) is 13.0. The lowest BCUT2D eigenvalue weighted by molar-refractivity contribution is -0.137. The summed E-state index contributed by atoms with van der Waals surface area (Å²) in [7, 11) is -4.15. The van der Waals surface area contributed by atoms with Crippen LogP contribution in [0.15, 0.2) is 126 Å². The third-order valence-corrected chi connectivity index (χ3v) is 9.39. The molecule has 0 radical (unpaired) electrons. The van der Waals surface area contributed by atoms with Crippen LogP contribution >= 0.6 is 0 Å². The smallest absolute Gasteiger partial charge is 0.416 e. The first-order valence-electron chi connectivity index (χ1n) is 15.2. The van der Waals surface area contributed by atoms with Gasteiger partial charge in [-0.3, -0.25) is 14.4 Å². The molecule has 0 spiro atoms. The van der Waals surface area contributed by atoms with E-state index in [9.17, 15) is 26.4 Å².